The second kappa shape index (κ2) is 6.27. The topological polar surface area (TPSA) is 52.6 Å². The van der Waals surface area contributed by atoms with E-state index in [1.807, 2.05) is 14.1 Å². The van der Waals surface area contributed by atoms with Crippen molar-refractivity contribution in [1.29, 1.82) is 0 Å². The van der Waals surface area contributed by atoms with Gasteiger partial charge in [-0.25, -0.2) is 0 Å². The number of benzene rings is 1. The summed E-state index contributed by atoms with van der Waals surface area (Å²) in [4.78, 5) is 14.0. The Morgan fingerprint density at radius 3 is 2.40 bits per heavy atom. The molecule has 1 fully saturated rings. The quantitative estimate of drug-likeness (QED) is 0.832. The van der Waals surface area contributed by atoms with Crippen LogP contribution in [0.1, 0.15) is 31.2 Å². The van der Waals surface area contributed by atoms with E-state index < -0.39 is 0 Å². The first-order valence-electron chi connectivity index (χ1n) is 7.23. The fourth-order valence-electron chi connectivity index (χ4n) is 2.50. The Labute approximate surface area is 120 Å². The Balaban J connectivity index is 1.81. The molecule has 1 amide bonds. The number of hydrogen-bond donors (Lipinski definition) is 2. The van der Waals surface area contributed by atoms with Crippen molar-refractivity contribution in [3.63, 3.8) is 0 Å². The third-order valence-electron chi connectivity index (χ3n) is 4.11. The fourth-order valence-corrected chi connectivity index (χ4v) is 2.50. The molecule has 1 aliphatic rings. The van der Waals surface area contributed by atoms with Gasteiger partial charge in [0.15, 0.2) is 0 Å². The van der Waals surface area contributed by atoms with Gasteiger partial charge < -0.3 is 15.3 Å². The maximum Gasteiger partial charge on any atom is 0.220 e. The molecular weight excluding hydrogens is 252 g/mol. The van der Waals surface area contributed by atoms with E-state index in [2.05, 4.69) is 34.5 Å². The van der Waals surface area contributed by atoms with Gasteiger partial charge in [0, 0.05) is 26.2 Å². The predicted octanol–water partition coefficient (Wildman–Crippen LogP) is 1.72. The summed E-state index contributed by atoms with van der Waals surface area (Å²) in [6.45, 7) is 0.0519. The van der Waals surface area contributed by atoms with Crippen LogP contribution in [-0.2, 0) is 11.2 Å². The summed E-state index contributed by atoms with van der Waals surface area (Å²) >= 11 is 0. The Kier molecular flexibility index (Phi) is 4.65. The SMILES string of the molecule is CN(C)c1ccc(CCC(=O)NC2(CO)CCC2)cc1. The van der Waals surface area contributed by atoms with E-state index >= 15 is 0 Å². The number of aliphatic hydroxyl groups excluding tert-OH is 1. The fraction of sp³-hybridized carbons (Fsp3) is 0.562. The van der Waals surface area contributed by atoms with Gasteiger partial charge in [-0.2, -0.15) is 0 Å². The minimum absolute atomic E-state index is 0.0374. The maximum atomic E-state index is 11.9. The van der Waals surface area contributed by atoms with Gasteiger partial charge in [-0.05, 0) is 43.4 Å². The molecule has 0 aliphatic heterocycles. The smallest absolute Gasteiger partial charge is 0.220 e. The average molecular weight is 276 g/mol. The van der Waals surface area contributed by atoms with Crippen LogP contribution in [0.4, 0.5) is 5.69 Å². The average Bonchev–Trinajstić information content (AvgIpc) is 2.41. The Hall–Kier alpha value is -1.55. The molecule has 0 saturated heterocycles. The standard InChI is InChI=1S/C16H24N2O2/c1-18(2)14-7-4-13(5-8-14)6-9-15(20)17-16(12-19)10-3-11-16/h4-5,7-8,19H,3,6,9-12H2,1-2H3,(H,17,20). The monoisotopic (exact) mass is 276 g/mol. The Bertz CT molecular complexity index is 445. The number of aliphatic hydroxyl groups is 1. The minimum atomic E-state index is -0.328. The van der Waals surface area contributed by atoms with Crippen LogP contribution >= 0.6 is 0 Å². The van der Waals surface area contributed by atoms with E-state index in [1.54, 1.807) is 0 Å². The zero-order valence-corrected chi connectivity index (χ0v) is 12.4. The normalized spacial score (nSPS) is 16.4. The molecular formula is C16H24N2O2. The summed E-state index contributed by atoms with van der Waals surface area (Å²) in [5.74, 6) is 0.0374. The first-order chi connectivity index (χ1) is 9.54. The molecule has 1 saturated carbocycles. The molecule has 0 radical (unpaired) electrons. The van der Waals surface area contributed by atoms with Crippen molar-refractivity contribution in [3.05, 3.63) is 29.8 Å². The van der Waals surface area contributed by atoms with E-state index in [-0.39, 0.29) is 18.1 Å². The molecule has 110 valence electrons. The molecule has 2 N–H and O–H groups in total. The van der Waals surface area contributed by atoms with Gasteiger partial charge in [0.2, 0.25) is 5.91 Å². The molecule has 0 heterocycles. The highest BCUT2D eigenvalue weighted by Crippen LogP contribution is 2.31. The summed E-state index contributed by atoms with van der Waals surface area (Å²) < 4.78 is 0. The van der Waals surface area contributed by atoms with Crippen molar-refractivity contribution in [1.82, 2.24) is 5.32 Å². The number of anilines is 1. The second-order valence-electron chi connectivity index (χ2n) is 5.90. The largest absolute Gasteiger partial charge is 0.394 e. The molecule has 0 unspecified atom stereocenters. The van der Waals surface area contributed by atoms with Gasteiger partial charge in [-0.1, -0.05) is 12.1 Å². The molecule has 2 rings (SSSR count). The van der Waals surface area contributed by atoms with Gasteiger partial charge in [0.05, 0.1) is 12.1 Å². The molecule has 0 atom stereocenters. The number of nitrogens with zero attached hydrogens (tertiary/aromatic N) is 1. The van der Waals surface area contributed by atoms with Crippen LogP contribution in [-0.4, -0.2) is 37.3 Å². The van der Waals surface area contributed by atoms with E-state index in [0.29, 0.717) is 6.42 Å². The second-order valence-corrected chi connectivity index (χ2v) is 5.90. The Morgan fingerprint density at radius 1 is 1.30 bits per heavy atom. The van der Waals surface area contributed by atoms with Crippen LogP contribution in [0.3, 0.4) is 0 Å². The van der Waals surface area contributed by atoms with Crippen LogP contribution in [0.15, 0.2) is 24.3 Å². The molecule has 1 aromatic rings. The van der Waals surface area contributed by atoms with Crippen molar-refractivity contribution < 1.29 is 9.90 Å². The molecule has 4 nitrogen and oxygen atoms in total. The molecule has 1 aliphatic carbocycles. The lowest BCUT2D eigenvalue weighted by Crippen LogP contribution is -2.56. The van der Waals surface area contributed by atoms with Crippen LogP contribution < -0.4 is 10.2 Å². The summed E-state index contributed by atoms with van der Waals surface area (Å²) in [5, 5.41) is 12.3. The predicted molar refractivity (Wildman–Crippen MR) is 80.9 cm³/mol. The first kappa shape index (κ1) is 14.9. The third-order valence-corrected chi connectivity index (χ3v) is 4.11. The van der Waals surface area contributed by atoms with Crippen molar-refractivity contribution in [2.45, 2.75) is 37.6 Å². The number of carbonyl (C=O) groups is 1. The van der Waals surface area contributed by atoms with E-state index in [9.17, 15) is 9.90 Å². The zero-order chi connectivity index (χ0) is 14.6. The Morgan fingerprint density at radius 2 is 1.95 bits per heavy atom. The highest BCUT2D eigenvalue weighted by atomic mass is 16.3. The van der Waals surface area contributed by atoms with Gasteiger partial charge in [0.25, 0.3) is 0 Å². The zero-order valence-electron chi connectivity index (χ0n) is 12.4. The van der Waals surface area contributed by atoms with Gasteiger partial charge in [0.1, 0.15) is 0 Å². The molecule has 20 heavy (non-hydrogen) atoms. The van der Waals surface area contributed by atoms with Crippen molar-refractivity contribution in [2.24, 2.45) is 0 Å². The molecule has 4 heteroatoms. The summed E-state index contributed by atoms with van der Waals surface area (Å²) in [7, 11) is 4.02. The number of rotatable bonds is 6. The molecule has 0 bridgehead atoms. The van der Waals surface area contributed by atoms with E-state index in [0.717, 1.165) is 36.9 Å². The van der Waals surface area contributed by atoms with Gasteiger partial charge in [-0.3, -0.25) is 4.79 Å². The van der Waals surface area contributed by atoms with Gasteiger partial charge >= 0.3 is 0 Å². The van der Waals surface area contributed by atoms with Crippen molar-refractivity contribution in [3.8, 4) is 0 Å². The van der Waals surface area contributed by atoms with Crippen LogP contribution in [0, 0.1) is 0 Å². The summed E-state index contributed by atoms with van der Waals surface area (Å²) in [6, 6.07) is 8.25. The van der Waals surface area contributed by atoms with Crippen LogP contribution in [0.2, 0.25) is 0 Å². The number of aryl methyl sites for hydroxylation is 1. The highest BCUT2D eigenvalue weighted by Gasteiger charge is 2.37. The maximum absolute atomic E-state index is 11.9. The highest BCUT2D eigenvalue weighted by molar-refractivity contribution is 5.77. The first-order valence-corrected chi connectivity index (χ1v) is 7.23. The molecule has 0 aromatic heterocycles. The summed E-state index contributed by atoms with van der Waals surface area (Å²) in [6.07, 6.45) is 4.09. The van der Waals surface area contributed by atoms with Crippen LogP contribution in [0.5, 0.6) is 0 Å². The van der Waals surface area contributed by atoms with Crippen molar-refractivity contribution >= 4 is 11.6 Å². The lowest BCUT2D eigenvalue weighted by molar-refractivity contribution is -0.125. The number of nitrogens with one attached hydrogen (secondary N) is 1. The molecule has 0 spiro atoms. The minimum Gasteiger partial charge on any atom is -0.394 e. The lowest BCUT2D eigenvalue weighted by atomic mass is 9.77. The number of amides is 1. The number of hydrogen-bond acceptors (Lipinski definition) is 3. The summed E-state index contributed by atoms with van der Waals surface area (Å²) in [5.41, 5.74) is 2.00. The van der Waals surface area contributed by atoms with E-state index in [1.165, 1.54) is 0 Å². The van der Waals surface area contributed by atoms with Crippen molar-refractivity contribution in [2.75, 3.05) is 25.6 Å². The molecule has 1 aromatic carbocycles. The lowest BCUT2D eigenvalue weighted by Gasteiger charge is -2.41. The van der Waals surface area contributed by atoms with Gasteiger partial charge in [-0.15, -0.1) is 0 Å². The van der Waals surface area contributed by atoms with E-state index in [4.69, 9.17) is 0 Å². The third kappa shape index (κ3) is 3.51. The number of carbonyl (C=O) groups excluding carboxylic acids is 1. The van der Waals surface area contributed by atoms with Crippen LogP contribution in [0.25, 0.3) is 0 Å².